The molecule has 10 nitrogen and oxygen atoms in total. The molecule has 3 aromatic rings. The van der Waals surface area contributed by atoms with Crippen molar-refractivity contribution < 1.29 is 0 Å². The van der Waals surface area contributed by atoms with Crippen LogP contribution in [-0.4, -0.2) is 53.6 Å². The molecule has 0 radical (unpaired) electrons. The molecule has 10 heteroatoms. The van der Waals surface area contributed by atoms with Crippen LogP contribution in [0.1, 0.15) is 13.8 Å². The zero-order valence-corrected chi connectivity index (χ0v) is 12.3. The van der Waals surface area contributed by atoms with Gasteiger partial charge in [0.2, 0.25) is 11.6 Å². The minimum absolute atomic E-state index is 0.460. The van der Waals surface area contributed by atoms with E-state index in [4.69, 9.17) is 5.73 Å². The molecule has 0 atom stereocenters. The van der Waals surface area contributed by atoms with E-state index in [1.165, 1.54) is 0 Å². The van der Waals surface area contributed by atoms with Crippen LogP contribution in [0.3, 0.4) is 0 Å². The lowest BCUT2D eigenvalue weighted by molar-refractivity contribution is 0.541. The van der Waals surface area contributed by atoms with Crippen molar-refractivity contribution in [2.45, 2.75) is 13.8 Å². The molecule has 2 heterocycles. The first-order valence-electron chi connectivity index (χ1n) is 6.92. The fourth-order valence-corrected chi connectivity index (χ4v) is 2.11. The summed E-state index contributed by atoms with van der Waals surface area (Å²) in [6.45, 7) is 5.58. The van der Waals surface area contributed by atoms with E-state index in [9.17, 15) is 0 Å². The highest BCUT2D eigenvalue weighted by molar-refractivity contribution is 5.50. The van der Waals surface area contributed by atoms with E-state index in [2.05, 4.69) is 31.1 Å². The molecule has 2 N–H and O–H groups in total. The Kier molecular flexibility index (Phi) is 3.64. The van der Waals surface area contributed by atoms with Crippen LogP contribution < -0.4 is 10.7 Å². The molecule has 0 amide bonds. The lowest BCUT2D eigenvalue weighted by atomic mass is 10.3. The van der Waals surface area contributed by atoms with Gasteiger partial charge in [0.15, 0.2) is 0 Å². The Morgan fingerprint density at radius 1 is 0.955 bits per heavy atom. The molecular formula is C12H16N10. The van der Waals surface area contributed by atoms with Crippen LogP contribution in [0.15, 0.2) is 24.3 Å². The fourth-order valence-electron chi connectivity index (χ4n) is 2.11. The van der Waals surface area contributed by atoms with Crippen molar-refractivity contribution in [2.75, 3.05) is 23.8 Å². The van der Waals surface area contributed by atoms with Gasteiger partial charge in [-0.05, 0) is 59.0 Å². The van der Waals surface area contributed by atoms with Gasteiger partial charge >= 0.3 is 0 Å². The highest BCUT2D eigenvalue weighted by atomic mass is 15.8. The van der Waals surface area contributed by atoms with Crippen LogP contribution in [0.4, 0.5) is 5.69 Å². The number of tetrazole rings is 2. The van der Waals surface area contributed by atoms with Gasteiger partial charge in [0.05, 0.1) is 5.69 Å². The third-order valence-corrected chi connectivity index (χ3v) is 3.26. The number of nitrogens with zero attached hydrogens (tertiary/aromatic N) is 9. The van der Waals surface area contributed by atoms with Crippen molar-refractivity contribution in [1.29, 1.82) is 0 Å². The second-order valence-electron chi connectivity index (χ2n) is 4.54. The average molecular weight is 300 g/mol. The van der Waals surface area contributed by atoms with Crippen LogP contribution in [0.5, 0.6) is 0 Å². The Hall–Kier alpha value is -3.04. The molecule has 114 valence electrons. The van der Waals surface area contributed by atoms with Gasteiger partial charge in [-0.3, -0.25) is 5.01 Å². The van der Waals surface area contributed by atoms with Crippen molar-refractivity contribution >= 4 is 5.69 Å². The smallest absolute Gasteiger partial charge is 0.243 e. The monoisotopic (exact) mass is 300 g/mol. The third kappa shape index (κ3) is 2.34. The predicted octanol–water partition coefficient (Wildman–Crippen LogP) is -0.124. The SMILES string of the molecule is CCN(CC)n1nnnc1-c1nnnn1-c1ccc(N)cc1. The van der Waals surface area contributed by atoms with Gasteiger partial charge < -0.3 is 5.73 Å². The first-order valence-corrected chi connectivity index (χ1v) is 6.92. The number of hydrogen-bond acceptors (Lipinski definition) is 8. The summed E-state index contributed by atoms with van der Waals surface area (Å²) in [5, 5.41) is 25.6. The Morgan fingerprint density at radius 3 is 2.27 bits per heavy atom. The number of benzene rings is 1. The third-order valence-electron chi connectivity index (χ3n) is 3.26. The number of nitrogens with two attached hydrogens (primary N) is 1. The molecule has 0 fully saturated rings. The Labute approximate surface area is 126 Å². The maximum atomic E-state index is 5.71. The van der Waals surface area contributed by atoms with Crippen LogP contribution in [0, 0.1) is 0 Å². The summed E-state index contributed by atoms with van der Waals surface area (Å²) >= 11 is 0. The van der Waals surface area contributed by atoms with Crippen LogP contribution in [-0.2, 0) is 0 Å². The van der Waals surface area contributed by atoms with Crippen LogP contribution in [0.25, 0.3) is 17.3 Å². The van der Waals surface area contributed by atoms with Gasteiger partial charge in [-0.1, -0.05) is 0 Å². The average Bonchev–Trinajstić information content (AvgIpc) is 3.18. The van der Waals surface area contributed by atoms with Crippen LogP contribution >= 0.6 is 0 Å². The molecule has 0 saturated carbocycles. The standard InChI is InChI=1S/C12H16N10/c1-3-20(4-2)22-12(15-17-19-22)11-14-16-18-21(11)10-7-5-9(13)6-8-10/h5-8H,3-4,13H2,1-2H3. The van der Waals surface area contributed by atoms with Gasteiger partial charge in [0.1, 0.15) is 0 Å². The Balaban J connectivity index is 2.06. The Morgan fingerprint density at radius 2 is 1.59 bits per heavy atom. The minimum Gasteiger partial charge on any atom is -0.399 e. The fraction of sp³-hybridized carbons (Fsp3) is 0.333. The number of aromatic nitrogens is 8. The topological polar surface area (TPSA) is 116 Å². The lowest BCUT2D eigenvalue weighted by Gasteiger charge is -2.20. The van der Waals surface area contributed by atoms with E-state index in [1.54, 1.807) is 21.6 Å². The maximum Gasteiger partial charge on any atom is 0.243 e. The molecule has 0 unspecified atom stereocenters. The van der Waals surface area contributed by atoms with Gasteiger partial charge in [-0.15, -0.1) is 15.0 Å². The largest absolute Gasteiger partial charge is 0.399 e. The quantitative estimate of drug-likeness (QED) is 0.648. The zero-order chi connectivity index (χ0) is 15.5. The summed E-state index contributed by atoms with van der Waals surface area (Å²) in [6, 6.07) is 7.24. The molecule has 1 aromatic carbocycles. The molecule has 0 bridgehead atoms. The predicted molar refractivity (Wildman–Crippen MR) is 79.7 cm³/mol. The van der Waals surface area contributed by atoms with E-state index in [-0.39, 0.29) is 0 Å². The molecule has 0 spiro atoms. The van der Waals surface area contributed by atoms with Gasteiger partial charge in [-0.2, -0.15) is 4.68 Å². The summed E-state index contributed by atoms with van der Waals surface area (Å²) in [4.78, 5) is 1.61. The maximum absolute atomic E-state index is 5.71. The zero-order valence-electron chi connectivity index (χ0n) is 12.3. The molecule has 0 aliphatic carbocycles. The highest BCUT2D eigenvalue weighted by Gasteiger charge is 2.20. The second-order valence-corrected chi connectivity index (χ2v) is 4.54. The molecule has 3 rings (SSSR count). The van der Waals surface area contributed by atoms with E-state index < -0.39 is 0 Å². The summed E-state index contributed by atoms with van der Waals surface area (Å²) in [7, 11) is 0. The molecule has 0 saturated heterocycles. The molecular weight excluding hydrogens is 284 g/mol. The van der Waals surface area contributed by atoms with Crippen molar-refractivity contribution in [1.82, 2.24) is 40.5 Å². The van der Waals surface area contributed by atoms with E-state index in [0.717, 1.165) is 18.8 Å². The van der Waals surface area contributed by atoms with Crippen molar-refractivity contribution in [3.05, 3.63) is 24.3 Å². The summed E-state index contributed by atoms with van der Waals surface area (Å²) in [5.74, 6) is 0.937. The summed E-state index contributed by atoms with van der Waals surface area (Å²) in [5.41, 5.74) is 7.16. The van der Waals surface area contributed by atoms with Crippen LogP contribution in [0.2, 0.25) is 0 Å². The molecule has 2 aromatic heterocycles. The van der Waals surface area contributed by atoms with E-state index >= 15 is 0 Å². The number of hydrogen-bond donors (Lipinski definition) is 1. The van der Waals surface area contributed by atoms with E-state index in [0.29, 0.717) is 17.3 Å². The normalized spacial score (nSPS) is 10.8. The Bertz CT molecular complexity index is 739. The van der Waals surface area contributed by atoms with Gasteiger partial charge in [0.25, 0.3) is 0 Å². The minimum atomic E-state index is 0.460. The first-order chi connectivity index (χ1) is 10.7. The number of rotatable bonds is 5. The number of anilines is 1. The van der Waals surface area contributed by atoms with Crippen molar-refractivity contribution in [3.8, 4) is 17.3 Å². The number of nitrogen functional groups attached to an aromatic ring is 1. The van der Waals surface area contributed by atoms with Crippen molar-refractivity contribution in [3.63, 3.8) is 0 Å². The lowest BCUT2D eigenvalue weighted by Crippen LogP contribution is -2.36. The highest BCUT2D eigenvalue weighted by Crippen LogP contribution is 2.17. The summed E-state index contributed by atoms with van der Waals surface area (Å²) in [6.07, 6.45) is 0. The van der Waals surface area contributed by atoms with Gasteiger partial charge in [0, 0.05) is 18.8 Å². The molecule has 0 aliphatic rings. The van der Waals surface area contributed by atoms with Crippen molar-refractivity contribution in [2.24, 2.45) is 0 Å². The van der Waals surface area contributed by atoms with E-state index in [1.807, 2.05) is 31.0 Å². The molecule has 0 aliphatic heterocycles. The molecule has 22 heavy (non-hydrogen) atoms. The summed E-state index contributed by atoms with van der Waals surface area (Å²) < 4.78 is 1.57. The van der Waals surface area contributed by atoms with Gasteiger partial charge in [-0.25, -0.2) is 0 Å². The second kappa shape index (κ2) is 5.76. The first kappa shape index (κ1) is 13.9.